The Labute approximate surface area is 119 Å². The van der Waals surface area contributed by atoms with Crippen molar-refractivity contribution >= 4 is 17.7 Å². The second-order valence-corrected chi connectivity index (χ2v) is 6.81. The second kappa shape index (κ2) is 6.00. The molecule has 2 aliphatic carbocycles. The summed E-state index contributed by atoms with van der Waals surface area (Å²) in [5.41, 5.74) is 1.29. The number of nitrogens with one attached hydrogen (secondary N) is 1. The highest BCUT2D eigenvalue weighted by Crippen LogP contribution is 2.44. The monoisotopic (exact) mass is 275 g/mol. The Hall–Kier alpha value is -0.960. The number of benzene rings is 1. The van der Waals surface area contributed by atoms with Crippen molar-refractivity contribution in [2.24, 2.45) is 11.8 Å². The molecule has 3 heteroatoms. The lowest BCUT2D eigenvalue weighted by Crippen LogP contribution is -2.39. The maximum absolute atomic E-state index is 11.9. The lowest BCUT2D eigenvalue weighted by molar-refractivity contribution is -0.119. The van der Waals surface area contributed by atoms with E-state index in [1.54, 1.807) is 11.8 Å². The molecule has 19 heavy (non-hydrogen) atoms. The van der Waals surface area contributed by atoms with Crippen LogP contribution < -0.4 is 5.32 Å². The highest BCUT2D eigenvalue weighted by molar-refractivity contribution is 7.99. The van der Waals surface area contributed by atoms with Gasteiger partial charge in [-0.15, -0.1) is 11.8 Å². The molecule has 0 spiro atoms. The maximum atomic E-state index is 11.9. The normalized spacial score (nSPS) is 28.5. The summed E-state index contributed by atoms with van der Waals surface area (Å²) < 4.78 is 0. The van der Waals surface area contributed by atoms with Crippen LogP contribution in [0.5, 0.6) is 0 Å². The van der Waals surface area contributed by atoms with Crippen LogP contribution in [0.3, 0.4) is 0 Å². The van der Waals surface area contributed by atoms with E-state index < -0.39 is 0 Å². The average molecular weight is 275 g/mol. The van der Waals surface area contributed by atoms with Gasteiger partial charge in [0, 0.05) is 11.8 Å². The molecule has 2 aliphatic rings. The molecule has 2 fully saturated rings. The first-order valence-corrected chi connectivity index (χ1v) is 8.38. The van der Waals surface area contributed by atoms with Crippen LogP contribution in [0.4, 0.5) is 0 Å². The summed E-state index contributed by atoms with van der Waals surface area (Å²) in [6.07, 6.45) is 5.29. The van der Waals surface area contributed by atoms with E-state index in [1.807, 2.05) is 18.2 Å². The third kappa shape index (κ3) is 3.33. The van der Waals surface area contributed by atoms with Crippen molar-refractivity contribution in [1.29, 1.82) is 0 Å². The van der Waals surface area contributed by atoms with Crippen molar-refractivity contribution in [2.45, 2.75) is 37.5 Å². The molecule has 0 saturated heterocycles. The van der Waals surface area contributed by atoms with Gasteiger partial charge in [0.2, 0.25) is 5.91 Å². The molecule has 0 radical (unpaired) electrons. The Morgan fingerprint density at radius 3 is 2.74 bits per heavy atom. The van der Waals surface area contributed by atoms with Gasteiger partial charge in [-0.25, -0.2) is 0 Å². The van der Waals surface area contributed by atoms with E-state index in [0.29, 0.717) is 11.8 Å². The zero-order chi connectivity index (χ0) is 13.1. The van der Waals surface area contributed by atoms with Crippen LogP contribution in [0, 0.1) is 11.8 Å². The number of hydrogen-bond donors (Lipinski definition) is 1. The zero-order valence-electron chi connectivity index (χ0n) is 11.2. The van der Waals surface area contributed by atoms with Crippen LogP contribution in [-0.2, 0) is 10.5 Å². The van der Waals surface area contributed by atoms with Gasteiger partial charge >= 0.3 is 0 Å². The Balaban J connectivity index is 1.38. The Bertz CT molecular complexity index is 434. The third-order valence-corrected chi connectivity index (χ3v) is 5.43. The van der Waals surface area contributed by atoms with Crippen LogP contribution in [0.15, 0.2) is 30.3 Å². The number of hydrogen-bond acceptors (Lipinski definition) is 2. The molecule has 2 saturated carbocycles. The number of thioether (sulfide) groups is 1. The quantitative estimate of drug-likeness (QED) is 0.894. The van der Waals surface area contributed by atoms with Gasteiger partial charge in [0.25, 0.3) is 0 Å². The fourth-order valence-electron chi connectivity index (χ4n) is 3.51. The number of carbonyl (C=O) groups excluding carboxylic acids is 1. The lowest BCUT2D eigenvalue weighted by atomic mass is 9.95. The molecule has 1 aromatic carbocycles. The van der Waals surface area contributed by atoms with Crippen LogP contribution in [-0.4, -0.2) is 17.7 Å². The molecule has 3 rings (SSSR count). The van der Waals surface area contributed by atoms with Crippen molar-refractivity contribution < 1.29 is 4.79 Å². The van der Waals surface area contributed by atoms with Crippen molar-refractivity contribution in [3.8, 4) is 0 Å². The van der Waals surface area contributed by atoms with Gasteiger partial charge in [0.15, 0.2) is 0 Å². The van der Waals surface area contributed by atoms with E-state index in [2.05, 4.69) is 17.4 Å². The van der Waals surface area contributed by atoms with Crippen molar-refractivity contribution in [3.05, 3.63) is 35.9 Å². The highest BCUT2D eigenvalue weighted by atomic mass is 32.2. The van der Waals surface area contributed by atoms with E-state index in [1.165, 1.54) is 31.2 Å². The van der Waals surface area contributed by atoms with Gasteiger partial charge in [-0.3, -0.25) is 4.79 Å². The van der Waals surface area contributed by atoms with Crippen molar-refractivity contribution in [2.75, 3.05) is 5.75 Å². The molecule has 1 aromatic rings. The topological polar surface area (TPSA) is 29.1 Å². The van der Waals surface area contributed by atoms with E-state index >= 15 is 0 Å². The smallest absolute Gasteiger partial charge is 0.230 e. The summed E-state index contributed by atoms with van der Waals surface area (Å²) >= 11 is 1.71. The average Bonchev–Trinajstić information content (AvgIpc) is 3.02. The molecule has 1 amide bonds. The van der Waals surface area contributed by atoms with E-state index in [4.69, 9.17) is 0 Å². The molecule has 0 heterocycles. The standard InChI is InChI=1S/C16H21NOS/c18-16(11-19-10-12-4-2-1-3-5-12)17-15-9-13-6-7-14(15)8-13/h1-5,13-15H,6-11H2,(H,17,18)/t13-,14+,15-/m0/s1. The lowest BCUT2D eigenvalue weighted by Gasteiger charge is -2.22. The maximum Gasteiger partial charge on any atom is 0.230 e. The summed E-state index contributed by atoms with van der Waals surface area (Å²) in [6.45, 7) is 0. The Morgan fingerprint density at radius 1 is 1.21 bits per heavy atom. The number of carbonyl (C=O) groups is 1. The summed E-state index contributed by atoms with van der Waals surface area (Å²) in [6, 6.07) is 10.8. The molecule has 102 valence electrons. The zero-order valence-corrected chi connectivity index (χ0v) is 12.0. The van der Waals surface area contributed by atoms with Gasteiger partial charge in [-0.05, 0) is 36.7 Å². The molecular weight excluding hydrogens is 254 g/mol. The minimum absolute atomic E-state index is 0.221. The largest absolute Gasteiger partial charge is 0.352 e. The molecule has 1 N–H and O–H groups in total. The van der Waals surface area contributed by atoms with Crippen LogP contribution in [0.2, 0.25) is 0 Å². The van der Waals surface area contributed by atoms with Gasteiger partial charge in [0.05, 0.1) is 5.75 Å². The third-order valence-electron chi connectivity index (χ3n) is 4.43. The predicted octanol–water partition coefficient (Wildman–Crippen LogP) is 3.22. The van der Waals surface area contributed by atoms with E-state index in [0.717, 1.165) is 17.6 Å². The first kappa shape index (κ1) is 13.0. The number of amides is 1. The van der Waals surface area contributed by atoms with Crippen LogP contribution in [0.25, 0.3) is 0 Å². The fourth-order valence-corrected chi connectivity index (χ4v) is 4.30. The van der Waals surface area contributed by atoms with E-state index in [-0.39, 0.29) is 5.91 Å². The number of fused-ring (bicyclic) bond motifs is 2. The molecule has 2 nitrogen and oxygen atoms in total. The molecule has 3 atom stereocenters. The second-order valence-electron chi connectivity index (χ2n) is 5.83. The SMILES string of the molecule is O=C(CSCc1ccccc1)N[C@H]1C[C@H]2CC[C@@H]1C2. The predicted molar refractivity (Wildman–Crippen MR) is 80.0 cm³/mol. The first-order chi connectivity index (χ1) is 9.31. The van der Waals surface area contributed by atoms with E-state index in [9.17, 15) is 4.79 Å². The summed E-state index contributed by atoms with van der Waals surface area (Å²) in [7, 11) is 0. The van der Waals surface area contributed by atoms with Crippen molar-refractivity contribution in [1.82, 2.24) is 5.32 Å². The Kier molecular flexibility index (Phi) is 4.12. The molecule has 0 aromatic heterocycles. The van der Waals surface area contributed by atoms with Gasteiger partial charge < -0.3 is 5.32 Å². The molecule has 0 aliphatic heterocycles. The summed E-state index contributed by atoms with van der Waals surface area (Å²) in [5.74, 6) is 3.40. The first-order valence-electron chi connectivity index (χ1n) is 7.22. The summed E-state index contributed by atoms with van der Waals surface area (Å²) in [4.78, 5) is 11.9. The minimum atomic E-state index is 0.221. The molecule has 2 bridgehead atoms. The van der Waals surface area contributed by atoms with Gasteiger partial charge in [-0.2, -0.15) is 0 Å². The van der Waals surface area contributed by atoms with Crippen molar-refractivity contribution in [3.63, 3.8) is 0 Å². The fraction of sp³-hybridized carbons (Fsp3) is 0.562. The summed E-state index contributed by atoms with van der Waals surface area (Å²) in [5, 5.41) is 3.24. The van der Waals surface area contributed by atoms with Gasteiger partial charge in [0.1, 0.15) is 0 Å². The number of rotatable bonds is 5. The van der Waals surface area contributed by atoms with Gasteiger partial charge in [-0.1, -0.05) is 36.8 Å². The highest BCUT2D eigenvalue weighted by Gasteiger charge is 2.39. The van der Waals surface area contributed by atoms with Crippen LogP contribution in [0.1, 0.15) is 31.2 Å². The minimum Gasteiger partial charge on any atom is -0.352 e. The molecular formula is C16H21NOS. The van der Waals surface area contributed by atoms with Crippen LogP contribution >= 0.6 is 11.8 Å². The molecule has 0 unspecified atom stereocenters. The Morgan fingerprint density at radius 2 is 2.05 bits per heavy atom.